The number of hydrogen-bond acceptors (Lipinski definition) is 16. The first kappa shape index (κ1) is 67.2. The third-order valence-electron chi connectivity index (χ3n) is 16.2. The van der Waals surface area contributed by atoms with Crippen LogP contribution in [0.3, 0.4) is 0 Å². The average molecular weight is 1360 g/mol. The van der Waals surface area contributed by atoms with Crippen molar-refractivity contribution in [3.8, 4) is 60.0 Å². The predicted octanol–water partition coefficient (Wildman–Crippen LogP) is 13.7. The number of fused-ring (bicyclic) bond motifs is 4. The zero-order chi connectivity index (χ0) is 65.0. The van der Waals surface area contributed by atoms with Gasteiger partial charge in [-0.05, 0) is 189 Å². The van der Waals surface area contributed by atoms with E-state index in [0.29, 0.717) is 41.8 Å². The number of halogens is 4. The van der Waals surface area contributed by atoms with Crippen LogP contribution in [-0.4, -0.2) is 105 Å². The topological polar surface area (TPSA) is 173 Å². The highest BCUT2D eigenvalue weighted by Gasteiger charge is 2.62. The molecule has 4 aliphatic heterocycles. The lowest BCUT2D eigenvalue weighted by atomic mass is 10.1. The van der Waals surface area contributed by atoms with Gasteiger partial charge in [0.15, 0.2) is 0 Å². The van der Waals surface area contributed by atoms with Crippen LogP contribution in [0.5, 0.6) is 0 Å². The molecule has 22 heteroatoms. The molecule has 4 saturated carbocycles. The Hall–Kier alpha value is -7.25. The summed E-state index contributed by atoms with van der Waals surface area (Å²) >= 11 is 9.77. The lowest BCUT2D eigenvalue weighted by Crippen LogP contribution is -2.37. The number of amides is 2. The first-order valence-electron chi connectivity index (χ1n) is 29.4. The fourth-order valence-corrected chi connectivity index (χ4v) is 14.1. The van der Waals surface area contributed by atoms with Crippen molar-refractivity contribution in [1.82, 2.24) is 35.1 Å². The summed E-state index contributed by atoms with van der Waals surface area (Å²) in [5.74, 6) is 23.1. The molecule has 2 aromatic carbocycles. The molecule has 8 aliphatic rings. The fourth-order valence-electron chi connectivity index (χ4n) is 11.3. The number of nitrogens with one attached hydrogen (secondary N) is 1. The maximum atomic E-state index is 13.6. The molecule has 14 rings (SSSR count). The van der Waals surface area contributed by atoms with Crippen molar-refractivity contribution >= 4 is 79.2 Å². The van der Waals surface area contributed by atoms with E-state index >= 15 is 0 Å². The molecular weight excluding hydrogens is 1290 g/mol. The van der Waals surface area contributed by atoms with E-state index in [9.17, 15) is 22.8 Å². The van der Waals surface area contributed by atoms with Crippen LogP contribution < -0.4 is 10.2 Å². The number of nitriles is 2. The van der Waals surface area contributed by atoms with Gasteiger partial charge in [0.25, 0.3) is 0 Å². The van der Waals surface area contributed by atoms with Crippen LogP contribution in [0, 0.1) is 161 Å². The lowest BCUT2D eigenvalue weighted by Gasteiger charge is -2.25. The van der Waals surface area contributed by atoms with Gasteiger partial charge in [-0.25, -0.2) is 42.7 Å². The summed E-state index contributed by atoms with van der Waals surface area (Å²) in [4.78, 5) is 46.6. The summed E-state index contributed by atoms with van der Waals surface area (Å²) < 4.78 is 49.7. The Bertz CT molecular complexity index is 3970. The number of piperidine rings is 4. The highest BCUT2D eigenvalue weighted by molar-refractivity contribution is 9.10. The van der Waals surface area contributed by atoms with Gasteiger partial charge in [-0.1, -0.05) is 23.7 Å². The number of rotatable bonds is 1. The summed E-state index contributed by atoms with van der Waals surface area (Å²) in [6.45, 7) is 26.0. The van der Waals surface area contributed by atoms with E-state index in [-0.39, 0.29) is 39.8 Å². The molecule has 14 nitrogen and oxygen atoms in total. The highest BCUT2D eigenvalue weighted by Crippen LogP contribution is 2.59. The molecule has 0 spiro atoms. The lowest BCUT2D eigenvalue weighted by molar-refractivity contribution is 0.0258. The number of aromatic nitrogens is 4. The average Bonchev–Trinajstić information content (AvgIpc) is 1.59. The van der Waals surface area contributed by atoms with Crippen molar-refractivity contribution in [2.45, 2.75) is 106 Å². The summed E-state index contributed by atoms with van der Waals surface area (Å²) in [7, 11) is 0. The first-order chi connectivity index (χ1) is 42.5. The molecule has 6 aromatic rings. The summed E-state index contributed by atoms with van der Waals surface area (Å²) in [5, 5.41) is 32.8. The first-order valence-corrected chi connectivity index (χ1v) is 33.7. The number of ether oxygens (including phenoxy) is 2. The van der Waals surface area contributed by atoms with Crippen molar-refractivity contribution in [1.29, 1.82) is 10.5 Å². The van der Waals surface area contributed by atoms with Crippen LogP contribution in [0.4, 0.5) is 28.4 Å². The Morgan fingerprint density at radius 3 is 1.39 bits per heavy atom. The Morgan fingerprint density at radius 2 is 1.00 bits per heavy atom. The number of benzene rings is 2. The van der Waals surface area contributed by atoms with Gasteiger partial charge >= 0.3 is 12.2 Å². The number of anilines is 1. The summed E-state index contributed by atoms with van der Waals surface area (Å²) in [5.41, 5.74) is 3.18. The van der Waals surface area contributed by atoms with E-state index in [1.165, 1.54) is 18.6 Å². The third-order valence-corrected chi connectivity index (χ3v) is 20.0. The fraction of sp³-hybridized carbons (Fsp3) is 0.471. The van der Waals surface area contributed by atoms with Crippen molar-refractivity contribution in [2.24, 2.45) is 45.3 Å². The van der Waals surface area contributed by atoms with E-state index in [4.69, 9.17) is 26.4 Å². The van der Waals surface area contributed by atoms with Crippen LogP contribution in [0.15, 0.2) is 62.5 Å². The second kappa shape index (κ2) is 27.3. The number of thiazole rings is 4. The smallest absolute Gasteiger partial charge is 0.410 e. The Labute approximate surface area is 550 Å². The van der Waals surface area contributed by atoms with E-state index in [1.54, 1.807) is 67.3 Å². The van der Waals surface area contributed by atoms with Crippen molar-refractivity contribution < 1.29 is 32.2 Å². The minimum Gasteiger partial charge on any atom is -0.444 e. The van der Waals surface area contributed by atoms with E-state index in [0.717, 1.165) is 130 Å². The number of aryl methyl sites for hydroxylation is 4. The summed E-state index contributed by atoms with van der Waals surface area (Å²) in [6.07, 6.45) is 9.56. The molecule has 8 heterocycles. The Balaban J connectivity index is 0.000000133. The van der Waals surface area contributed by atoms with Crippen LogP contribution in [0.1, 0.15) is 115 Å². The van der Waals surface area contributed by atoms with Crippen molar-refractivity contribution in [3.05, 3.63) is 128 Å². The van der Waals surface area contributed by atoms with Crippen LogP contribution >= 0.6 is 61.3 Å². The zero-order valence-corrected chi connectivity index (χ0v) is 56.8. The molecule has 0 bridgehead atoms. The minimum absolute atomic E-state index is 0.00231. The van der Waals surface area contributed by atoms with Gasteiger partial charge in [0.05, 0.1) is 59.5 Å². The van der Waals surface area contributed by atoms with E-state index in [1.807, 2.05) is 96.8 Å². The number of carbonyl (C=O) groups is 2. The van der Waals surface area contributed by atoms with Gasteiger partial charge in [0.2, 0.25) is 0 Å². The van der Waals surface area contributed by atoms with Gasteiger partial charge in [-0.2, -0.15) is 10.5 Å². The molecule has 4 saturated heterocycles. The molecule has 1 N–H and O–H groups in total. The van der Waals surface area contributed by atoms with Crippen LogP contribution in [0.2, 0.25) is 0 Å². The predicted molar refractivity (Wildman–Crippen MR) is 350 cm³/mol. The number of carbonyl (C=O) groups excluding carboxylic acids is 2. The largest absolute Gasteiger partial charge is 0.444 e. The maximum Gasteiger partial charge on any atom is 0.410 e. The minimum atomic E-state index is -0.725. The zero-order valence-electron chi connectivity index (χ0n) is 51.9. The van der Waals surface area contributed by atoms with Gasteiger partial charge in [-0.3, -0.25) is 0 Å². The maximum absolute atomic E-state index is 13.6. The number of hydrogen-bond donors (Lipinski definition) is 1. The molecule has 8 atom stereocenters. The normalized spacial score (nSPS) is 25.0. The Morgan fingerprint density at radius 1 is 0.589 bits per heavy atom. The molecule has 90 heavy (non-hydrogen) atoms. The SMILES string of the molecule is C#CC12CC1CN(C(=O)OC(C)(C)C)C2.Cc1nc(Br)cs1.Cc1nc(C#CC23CC2CN(C(=O)OC(C)(C)C)C3)cs1.Cc1nc(C#CC23CC2CN(c2cc(F)cc(C#N)c2)C3)cs1.Cc1nc(C#CC23CNCC2C3)cs1.N#Cc1cc(F)cc(F)c1. The highest BCUT2D eigenvalue weighted by atomic mass is 79.9. The number of likely N-dealkylation sites (tertiary alicyclic amines) is 2. The Kier molecular flexibility index (Phi) is 20.4. The standard InChI is InChI=1S/C18H14FN3S.C16H20N2O2S.C12H17NO2.C11H12N2S.C7H3F2N.C4H4BrNS/c1-12-21-16(10-23-12)2-3-18-7-14(18)9-22(11-18)17-5-13(8-20)4-15(19)6-17;1-11-17-13(9-21-11)5-6-16-7-12(16)8-18(10-16)14(19)20-15(2,3)4;1-5-12-6-9(12)7-13(8-12)10(14)15-11(2,3)4;1-8-13-10(6-14-8)2-3-11-4-9(11)5-12-7-11;8-6-1-5(4-10)2-7(9)3-6;1-3-6-4(5)2-7-3/h4-6,10,14H,7,9,11H2,1H3;9,12H,7-8,10H2,1-4H3;1,9H,6-8H2,2-4H3;6,9,12H,4-5,7H2,1H3;1-3H;2H,1H3. The molecule has 4 aliphatic carbocycles. The molecule has 8 fully saturated rings. The molecule has 2 amide bonds. The van der Waals surface area contributed by atoms with Crippen molar-refractivity contribution in [3.63, 3.8) is 0 Å². The quantitative estimate of drug-likeness (QED) is 0.155. The summed E-state index contributed by atoms with van der Waals surface area (Å²) in [6, 6.07) is 10.8. The molecule has 4 aromatic heterocycles. The molecular formula is C68H70BrF3N10O4S4. The third kappa shape index (κ3) is 17.8. The van der Waals surface area contributed by atoms with Gasteiger partial charge in [0.1, 0.15) is 50.3 Å². The molecule has 8 unspecified atom stereocenters. The second-order valence-electron chi connectivity index (χ2n) is 25.9. The van der Waals surface area contributed by atoms with E-state index in [2.05, 4.69) is 87.5 Å². The number of nitrogens with zero attached hydrogens (tertiary/aromatic N) is 9. The van der Waals surface area contributed by atoms with Crippen LogP contribution in [0.25, 0.3) is 0 Å². The van der Waals surface area contributed by atoms with Gasteiger partial charge < -0.3 is 29.5 Å². The van der Waals surface area contributed by atoms with Gasteiger partial charge in [-0.15, -0.1) is 51.8 Å². The molecule has 468 valence electrons. The second-order valence-corrected chi connectivity index (χ2v) is 30.9. The monoisotopic (exact) mass is 1350 g/mol. The number of terminal acetylenes is 1. The van der Waals surface area contributed by atoms with Gasteiger partial charge in [0, 0.05) is 84.5 Å². The van der Waals surface area contributed by atoms with E-state index < -0.39 is 22.8 Å². The molecule has 0 radical (unpaired) electrons. The van der Waals surface area contributed by atoms with Crippen molar-refractivity contribution in [2.75, 3.05) is 57.3 Å². The van der Waals surface area contributed by atoms with Crippen LogP contribution in [-0.2, 0) is 9.47 Å².